The van der Waals surface area contributed by atoms with Gasteiger partial charge in [0.2, 0.25) is 0 Å². The lowest BCUT2D eigenvalue weighted by atomic mass is 9.75. The molecule has 3 aliphatic rings. The summed E-state index contributed by atoms with van der Waals surface area (Å²) in [5.74, 6) is 0.933. The van der Waals surface area contributed by atoms with Gasteiger partial charge < -0.3 is 0 Å². The SMILES string of the molecule is C1=CC2(C3=CCCCC3)CCC1C2. The first-order valence-corrected chi connectivity index (χ1v) is 5.78. The van der Waals surface area contributed by atoms with Gasteiger partial charge in [0.05, 0.1) is 0 Å². The molecule has 0 aromatic carbocycles. The molecule has 2 bridgehead atoms. The molecular weight excluding hydrogens is 156 g/mol. The van der Waals surface area contributed by atoms with Gasteiger partial charge in [-0.15, -0.1) is 0 Å². The Kier molecular flexibility index (Phi) is 1.65. The fraction of sp³-hybridized carbons (Fsp3) is 0.692. The van der Waals surface area contributed by atoms with Crippen molar-refractivity contribution < 1.29 is 0 Å². The van der Waals surface area contributed by atoms with Gasteiger partial charge in [0, 0.05) is 5.41 Å². The molecular formula is C13H18. The molecule has 0 nitrogen and oxygen atoms in total. The minimum absolute atomic E-state index is 0.561. The third-order valence-corrected chi connectivity index (χ3v) is 4.21. The molecule has 0 heteroatoms. The fourth-order valence-electron chi connectivity index (χ4n) is 3.44. The van der Waals surface area contributed by atoms with Gasteiger partial charge >= 0.3 is 0 Å². The molecule has 3 rings (SSSR count). The highest BCUT2D eigenvalue weighted by molar-refractivity contribution is 5.31. The maximum Gasteiger partial charge on any atom is 0.00966 e. The second-order valence-corrected chi connectivity index (χ2v) is 4.99. The molecule has 0 heterocycles. The Bertz CT molecular complexity index is 272. The van der Waals surface area contributed by atoms with Gasteiger partial charge in [0.15, 0.2) is 0 Å². The van der Waals surface area contributed by atoms with E-state index in [1.54, 1.807) is 5.57 Å². The first-order valence-electron chi connectivity index (χ1n) is 5.78. The summed E-state index contributed by atoms with van der Waals surface area (Å²) in [4.78, 5) is 0. The third kappa shape index (κ3) is 1.11. The zero-order chi connectivity index (χ0) is 8.73. The minimum atomic E-state index is 0.561. The van der Waals surface area contributed by atoms with E-state index in [4.69, 9.17) is 0 Å². The van der Waals surface area contributed by atoms with E-state index in [2.05, 4.69) is 18.2 Å². The van der Waals surface area contributed by atoms with Crippen LogP contribution in [-0.2, 0) is 0 Å². The second kappa shape index (κ2) is 2.73. The molecule has 1 saturated carbocycles. The smallest absolute Gasteiger partial charge is 0.00966 e. The van der Waals surface area contributed by atoms with Crippen LogP contribution in [0.3, 0.4) is 0 Å². The molecule has 0 aliphatic heterocycles. The summed E-state index contributed by atoms with van der Waals surface area (Å²) in [7, 11) is 0. The second-order valence-electron chi connectivity index (χ2n) is 4.99. The van der Waals surface area contributed by atoms with E-state index in [0.29, 0.717) is 5.41 Å². The van der Waals surface area contributed by atoms with Crippen LogP contribution >= 0.6 is 0 Å². The van der Waals surface area contributed by atoms with Gasteiger partial charge in [-0.1, -0.05) is 23.8 Å². The Labute approximate surface area is 80.7 Å². The number of rotatable bonds is 1. The van der Waals surface area contributed by atoms with Crippen LogP contribution in [0, 0.1) is 11.3 Å². The molecule has 3 aliphatic carbocycles. The molecule has 2 atom stereocenters. The lowest BCUT2D eigenvalue weighted by Gasteiger charge is -2.29. The molecule has 0 spiro atoms. The molecule has 0 aromatic rings. The van der Waals surface area contributed by atoms with Gasteiger partial charge in [0.1, 0.15) is 0 Å². The van der Waals surface area contributed by atoms with Crippen molar-refractivity contribution in [3.8, 4) is 0 Å². The zero-order valence-corrected chi connectivity index (χ0v) is 8.26. The quantitative estimate of drug-likeness (QED) is 0.530. The highest BCUT2D eigenvalue weighted by Gasteiger charge is 2.42. The predicted molar refractivity (Wildman–Crippen MR) is 55.5 cm³/mol. The molecule has 0 N–H and O–H groups in total. The van der Waals surface area contributed by atoms with Crippen LogP contribution in [0.25, 0.3) is 0 Å². The fourth-order valence-corrected chi connectivity index (χ4v) is 3.44. The van der Waals surface area contributed by atoms with Crippen molar-refractivity contribution in [2.75, 3.05) is 0 Å². The summed E-state index contributed by atoms with van der Waals surface area (Å²) in [5, 5.41) is 0. The van der Waals surface area contributed by atoms with Crippen LogP contribution in [0.2, 0.25) is 0 Å². The van der Waals surface area contributed by atoms with E-state index in [1.165, 1.54) is 44.9 Å². The van der Waals surface area contributed by atoms with Crippen LogP contribution in [0.15, 0.2) is 23.8 Å². The number of hydrogen-bond acceptors (Lipinski definition) is 0. The Hall–Kier alpha value is -0.520. The first kappa shape index (κ1) is 7.84. The monoisotopic (exact) mass is 174 g/mol. The van der Waals surface area contributed by atoms with Crippen LogP contribution < -0.4 is 0 Å². The van der Waals surface area contributed by atoms with Gasteiger partial charge in [-0.2, -0.15) is 0 Å². The third-order valence-electron chi connectivity index (χ3n) is 4.21. The standard InChI is InChI=1S/C13H18/c1-2-4-12(5-3-1)13-8-6-11(10-13)7-9-13/h4,6,8,11H,1-3,5,7,9-10H2. The zero-order valence-electron chi connectivity index (χ0n) is 8.26. The molecule has 2 unspecified atom stereocenters. The van der Waals surface area contributed by atoms with E-state index in [0.717, 1.165) is 5.92 Å². The average Bonchev–Trinajstić information content (AvgIpc) is 2.80. The van der Waals surface area contributed by atoms with Gasteiger partial charge in [-0.05, 0) is 50.9 Å². The first-order chi connectivity index (χ1) is 6.39. The summed E-state index contributed by atoms with van der Waals surface area (Å²) < 4.78 is 0. The van der Waals surface area contributed by atoms with Gasteiger partial charge in [-0.25, -0.2) is 0 Å². The molecule has 0 amide bonds. The summed E-state index contributed by atoms with van der Waals surface area (Å²) in [6.07, 6.45) is 17.5. The van der Waals surface area contributed by atoms with E-state index in [-0.39, 0.29) is 0 Å². The topological polar surface area (TPSA) is 0 Å². The van der Waals surface area contributed by atoms with Crippen LogP contribution in [0.1, 0.15) is 44.9 Å². The molecule has 1 fully saturated rings. The van der Waals surface area contributed by atoms with Crippen molar-refractivity contribution in [3.05, 3.63) is 23.8 Å². The highest BCUT2D eigenvalue weighted by atomic mass is 14.5. The van der Waals surface area contributed by atoms with Crippen molar-refractivity contribution in [2.24, 2.45) is 11.3 Å². The summed E-state index contributed by atoms with van der Waals surface area (Å²) in [6, 6.07) is 0. The minimum Gasteiger partial charge on any atom is -0.0845 e. The maximum absolute atomic E-state index is 2.54. The van der Waals surface area contributed by atoms with Crippen molar-refractivity contribution in [1.82, 2.24) is 0 Å². The molecule has 0 aromatic heterocycles. The van der Waals surface area contributed by atoms with E-state index in [9.17, 15) is 0 Å². The van der Waals surface area contributed by atoms with Gasteiger partial charge in [0.25, 0.3) is 0 Å². The van der Waals surface area contributed by atoms with Gasteiger partial charge in [-0.3, -0.25) is 0 Å². The van der Waals surface area contributed by atoms with Crippen molar-refractivity contribution in [3.63, 3.8) is 0 Å². The van der Waals surface area contributed by atoms with E-state index >= 15 is 0 Å². The summed E-state index contributed by atoms with van der Waals surface area (Å²) in [6.45, 7) is 0. The Morgan fingerprint density at radius 2 is 2.31 bits per heavy atom. The number of hydrogen-bond donors (Lipinski definition) is 0. The largest absolute Gasteiger partial charge is 0.0845 e. The van der Waals surface area contributed by atoms with Crippen LogP contribution in [0.5, 0.6) is 0 Å². The average molecular weight is 174 g/mol. The molecule has 0 saturated heterocycles. The Balaban J connectivity index is 1.91. The molecule has 70 valence electrons. The van der Waals surface area contributed by atoms with E-state index < -0.39 is 0 Å². The summed E-state index contributed by atoms with van der Waals surface area (Å²) in [5.41, 5.74) is 2.35. The van der Waals surface area contributed by atoms with Crippen molar-refractivity contribution in [1.29, 1.82) is 0 Å². The van der Waals surface area contributed by atoms with Crippen molar-refractivity contribution >= 4 is 0 Å². The lowest BCUT2D eigenvalue weighted by Crippen LogP contribution is -2.16. The van der Waals surface area contributed by atoms with Crippen LogP contribution in [0.4, 0.5) is 0 Å². The molecule has 0 radical (unpaired) electrons. The van der Waals surface area contributed by atoms with E-state index in [1.807, 2.05) is 0 Å². The molecule has 13 heavy (non-hydrogen) atoms. The number of fused-ring (bicyclic) bond motifs is 2. The number of allylic oxidation sites excluding steroid dienone is 4. The summed E-state index contributed by atoms with van der Waals surface area (Å²) >= 11 is 0. The Morgan fingerprint density at radius 1 is 1.31 bits per heavy atom. The predicted octanol–water partition coefficient (Wildman–Crippen LogP) is 3.84. The van der Waals surface area contributed by atoms with Crippen molar-refractivity contribution in [2.45, 2.75) is 44.9 Å². The maximum atomic E-state index is 2.54. The highest BCUT2D eigenvalue weighted by Crippen LogP contribution is 2.55. The Morgan fingerprint density at radius 3 is 2.85 bits per heavy atom. The lowest BCUT2D eigenvalue weighted by molar-refractivity contribution is 0.448. The van der Waals surface area contributed by atoms with Crippen LogP contribution in [-0.4, -0.2) is 0 Å². The normalized spacial score (nSPS) is 42.5.